The fourth-order valence-electron chi connectivity index (χ4n) is 3.83. The van der Waals surface area contributed by atoms with E-state index in [0.717, 1.165) is 45.8 Å². The second-order valence-electron chi connectivity index (χ2n) is 7.73. The molecule has 1 amide bonds. The van der Waals surface area contributed by atoms with Crippen LogP contribution in [0.1, 0.15) is 20.3 Å². The Morgan fingerprint density at radius 1 is 1.35 bits per heavy atom. The van der Waals surface area contributed by atoms with Gasteiger partial charge in [0, 0.05) is 45.0 Å². The minimum atomic E-state index is -0.339. The average molecular weight is 385 g/mol. The first-order chi connectivity index (χ1) is 12.0. The van der Waals surface area contributed by atoms with Crippen LogP contribution in [0.15, 0.2) is 24.3 Å². The smallest absolute Gasteiger partial charge is 0.241 e. The Kier molecular flexibility index (Phi) is 7.41. The zero-order chi connectivity index (χ0) is 17.9. The van der Waals surface area contributed by atoms with E-state index in [0.29, 0.717) is 11.1 Å². The van der Waals surface area contributed by atoms with Crippen molar-refractivity contribution in [2.24, 2.45) is 5.41 Å². The molecule has 3 rings (SSSR count). The Morgan fingerprint density at radius 3 is 2.69 bits per heavy atom. The molecule has 146 valence electrons. The molecule has 0 aromatic heterocycles. The molecule has 2 heterocycles. The predicted octanol–water partition coefficient (Wildman–Crippen LogP) is 2.19. The molecule has 7 heteroatoms. The highest BCUT2D eigenvalue weighted by molar-refractivity contribution is 5.94. The molecule has 2 aliphatic rings. The highest BCUT2D eigenvalue weighted by Crippen LogP contribution is 2.26. The zero-order valence-electron chi connectivity index (χ0n) is 15.6. The Bertz CT molecular complexity index is 601. The Morgan fingerprint density at radius 2 is 2.08 bits per heavy atom. The van der Waals surface area contributed by atoms with E-state index in [-0.39, 0.29) is 30.2 Å². The molecule has 0 radical (unpaired) electrons. The van der Waals surface area contributed by atoms with Gasteiger partial charge in [0.2, 0.25) is 5.91 Å². The molecule has 0 saturated carbocycles. The molecule has 2 atom stereocenters. The summed E-state index contributed by atoms with van der Waals surface area (Å²) in [4.78, 5) is 17.2. The van der Waals surface area contributed by atoms with Crippen LogP contribution >= 0.6 is 12.4 Å². The van der Waals surface area contributed by atoms with E-state index in [1.54, 1.807) is 12.1 Å². The van der Waals surface area contributed by atoms with Crippen molar-refractivity contribution in [3.8, 4) is 0 Å². The fourth-order valence-corrected chi connectivity index (χ4v) is 3.83. The third kappa shape index (κ3) is 5.39. The molecule has 1 aromatic rings. The predicted molar refractivity (Wildman–Crippen MR) is 105 cm³/mol. The van der Waals surface area contributed by atoms with Crippen LogP contribution < -0.4 is 10.6 Å². The molecule has 2 N–H and O–H groups in total. The molecule has 0 aliphatic carbocycles. The second kappa shape index (κ2) is 9.13. The standard InChI is InChI=1S/C19H29FN4O.ClH/c1-15(18(25)22-17-5-3-4-16(20)12-17)24-10-8-23(9-11-24)14-19(2)6-7-21-13-19;/h3-5,12,15,21H,6-11,13-14H2,1-2H3,(H,22,25);1H. The van der Waals surface area contributed by atoms with Crippen molar-refractivity contribution in [3.63, 3.8) is 0 Å². The van der Waals surface area contributed by atoms with Crippen molar-refractivity contribution in [1.82, 2.24) is 15.1 Å². The monoisotopic (exact) mass is 384 g/mol. The third-order valence-electron chi connectivity index (χ3n) is 5.49. The number of nitrogens with zero attached hydrogens (tertiary/aromatic N) is 2. The van der Waals surface area contributed by atoms with E-state index in [2.05, 4.69) is 27.4 Å². The number of carbonyl (C=O) groups is 1. The highest BCUT2D eigenvalue weighted by atomic mass is 35.5. The summed E-state index contributed by atoms with van der Waals surface area (Å²) >= 11 is 0. The number of hydrogen-bond acceptors (Lipinski definition) is 4. The van der Waals surface area contributed by atoms with Gasteiger partial charge < -0.3 is 15.5 Å². The number of hydrogen-bond donors (Lipinski definition) is 2. The minimum Gasteiger partial charge on any atom is -0.325 e. The van der Waals surface area contributed by atoms with Crippen LogP contribution in [0.25, 0.3) is 0 Å². The van der Waals surface area contributed by atoms with Gasteiger partial charge in [-0.2, -0.15) is 0 Å². The summed E-state index contributed by atoms with van der Waals surface area (Å²) in [5.41, 5.74) is 0.889. The van der Waals surface area contributed by atoms with Gasteiger partial charge in [-0.15, -0.1) is 12.4 Å². The van der Waals surface area contributed by atoms with Gasteiger partial charge in [-0.05, 0) is 43.5 Å². The summed E-state index contributed by atoms with van der Waals surface area (Å²) in [6.45, 7) is 11.4. The highest BCUT2D eigenvalue weighted by Gasteiger charge is 2.33. The van der Waals surface area contributed by atoms with E-state index >= 15 is 0 Å². The van der Waals surface area contributed by atoms with Crippen LogP contribution in [-0.2, 0) is 4.79 Å². The molecule has 2 aliphatic heterocycles. The SMILES string of the molecule is CC(C(=O)Nc1cccc(F)c1)N1CCN(CC2(C)CCNC2)CC1.Cl. The van der Waals surface area contributed by atoms with Crippen molar-refractivity contribution in [1.29, 1.82) is 0 Å². The van der Waals surface area contributed by atoms with Crippen LogP contribution in [0.3, 0.4) is 0 Å². The molecular weight excluding hydrogens is 355 g/mol. The number of benzene rings is 1. The van der Waals surface area contributed by atoms with E-state index in [9.17, 15) is 9.18 Å². The molecule has 0 bridgehead atoms. The minimum absolute atomic E-state index is 0. The zero-order valence-corrected chi connectivity index (χ0v) is 16.4. The molecule has 5 nitrogen and oxygen atoms in total. The van der Waals surface area contributed by atoms with Crippen molar-refractivity contribution >= 4 is 24.0 Å². The van der Waals surface area contributed by atoms with Gasteiger partial charge in [0.05, 0.1) is 6.04 Å². The molecule has 0 spiro atoms. The van der Waals surface area contributed by atoms with E-state index < -0.39 is 0 Å². The van der Waals surface area contributed by atoms with Gasteiger partial charge >= 0.3 is 0 Å². The van der Waals surface area contributed by atoms with Crippen LogP contribution in [0, 0.1) is 11.2 Å². The number of carbonyl (C=O) groups excluding carboxylic acids is 1. The lowest BCUT2D eigenvalue weighted by Crippen LogP contribution is -2.54. The first-order valence-corrected chi connectivity index (χ1v) is 9.19. The van der Waals surface area contributed by atoms with Crippen LogP contribution in [-0.4, -0.2) is 67.6 Å². The normalized spacial score (nSPS) is 25.5. The number of amides is 1. The van der Waals surface area contributed by atoms with Gasteiger partial charge in [0.1, 0.15) is 5.82 Å². The van der Waals surface area contributed by atoms with Gasteiger partial charge in [-0.1, -0.05) is 13.0 Å². The second-order valence-corrected chi connectivity index (χ2v) is 7.73. The topological polar surface area (TPSA) is 47.6 Å². The maximum Gasteiger partial charge on any atom is 0.241 e. The lowest BCUT2D eigenvalue weighted by molar-refractivity contribution is -0.121. The number of nitrogens with one attached hydrogen (secondary N) is 2. The quantitative estimate of drug-likeness (QED) is 0.817. The van der Waals surface area contributed by atoms with Crippen molar-refractivity contribution < 1.29 is 9.18 Å². The average Bonchev–Trinajstić information content (AvgIpc) is 3.01. The fraction of sp³-hybridized carbons (Fsp3) is 0.632. The summed E-state index contributed by atoms with van der Waals surface area (Å²) < 4.78 is 13.2. The van der Waals surface area contributed by atoms with Crippen molar-refractivity contribution in [2.45, 2.75) is 26.3 Å². The molecule has 2 fully saturated rings. The summed E-state index contributed by atoms with van der Waals surface area (Å²) in [6.07, 6.45) is 1.24. The summed E-state index contributed by atoms with van der Waals surface area (Å²) in [6, 6.07) is 5.82. The molecule has 1 aromatic carbocycles. The summed E-state index contributed by atoms with van der Waals surface area (Å²) in [5.74, 6) is -0.417. The molecular formula is C19H30ClFN4O. The van der Waals surface area contributed by atoms with E-state index in [1.165, 1.54) is 18.6 Å². The molecule has 2 saturated heterocycles. The van der Waals surface area contributed by atoms with Gasteiger partial charge in [-0.25, -0.2) is 4.39 Å². The van der Waals surface area contributed by atoms with Crippen LogP contribution in [0.2, 0.25) is 0 Å². The maximum atomic E-state index is 13.2. The number of rotatable bonds is 5. The first-order valence-electron chi connectivity index (χ1n) is 9.19. The van der Waals surface area contributed by atoms with E-state index in [1.807, 2.05) is 6.92 Å². The Balaban J connectivity index is 0.00000243. The largest absolute Gasteiger partial charge is 0.325 e. The lowest BCUT2D eigenvalue weighted by atomic mass is 9.89. The number of piperazine rings is 1. The molecule has 26 heavy (non-hydrogen) atoms. The Labute approximate surface area is 161 Å². The Hall–Kier alpha value is -1.21. The molecule has 2 unspecified atom stereocenters. The number of anilines is 1. The van der Waals surface area contributed by atoms with Crippen molar-refractivity contribution in [3.05, 3.63) is 30.1 Å². The van der Waals surface area contributed by atoms with Crippen LogP contribution in [0.4, 0.5) is 10.1 Å². The maximum absolute atomic E-state index is 13.2. The van der Waals surface area contributed by atoms with Gasteiger partial charge in [-0.3, -0.25) is 9.69 Å². The number of halogens is 2. The van der Waals surface area contributed by atoms with Gasteiger partial charge in [0.25, 0.3) is 0 Å². The summed E-state index contributed by atoms with van der Waals surface area (Å²) in [5, 5.41) is 6.27. The summed E-state index contributed by atoms with van der Waals surface area (Å²) in [7, 11) is 0. The van der Waals surface area contributed by atoms with E-state index in [4.69, 9.17) is 0 Å². The lowest BCUT2D eigenvalue weighted by Gasteiger charge is -2.40. The van der Waals surface area contributed by atoms with Gasteiger partial charge in [0.15, 0.2) is 0 Å². The van der Waals surface area contributed by atoms with Crippen LogP contribution in [0.5, 0.6) is 0 Å². The third-order valence-corrected chi connectivity index (χ3v) is 5.49. The van der Waals surface area contributed by atoms with Crippen molar-refractivity contribution in [2.75, 3.05) is 51.1 Å². The first kappa shape index (κ1) is 21.1.